The molecule has 0 saturated heterocycles. The molecular weight excluding hydrogens is 240 g/mol. The van der Waals surface area contributed by atoms with Crippen molar-refractivity contribution in [3.8, 4) is 6.07 Å². The molecule has 0 aliphatic carbocycles. The third-order valence-corrected chi connectivity index (χ3v) is 3.17. The van der Waals surface area contributed by atoms with Crippen LogP contribution in [0.25, 0.3) is 0 Å². The number of nitrogens with zero attached hydrogens (tertiary/aromatic N) is 3. The molecule has 0 bridgehead atoms. The number of nitrogen functional groups attached to an aromatic ring is 1. The Balaban J connectivity index is 2.90. The molecule has 0 aliphatic rings. The maximum absolute atomic E-state index is 11.0. The Morgan fingerprint density at radius 1 is 1.59 bits per heavy atom. The van der Waals surface area contributed by atoms with Crippen molar-refractivity contribution in [2.24, 2.45) is 0 Å². The topological polar surface area (TPSA) is 100 Å². The largest absolute Gasteiger partial charge is 0.395 e. The van der Waals surface area contributed by atoms with Gasteiger partial charge in [0.25, 0.3) is 0 Å². The molecule has 0 amide bonds. The van der Waals surface area contributed by atoms with Crippen molar-refractivity contribution < 1.29 is 8.42 Å². The summed E-state index contributed by atoms with van der Waals surface area (Å²) in [4.78, 5) is 5.66. The molecule has 0 aromatic carbocycles. The Morgan fingerprint density at radius 3 is 2.76 bits per heavy atom. The Hall–Kier alpha value is -1.81. The molecule has 6 nitrogen and oxygen atoms in total. The lowest BCUT2D eigenvalue weighted by atomic mass is 10.2. The minimum Gasteiger partial charge on any atom is -0.395 e. The van der Waals surface area contributed by atoms with E-state index in [9.17, 15) is 8.42 Å². The maximum atomic E-state index is 11.0. The summed E-state index contributed by atoms with van der Waals surface area (Å²) < 4.78 is 22.1. The summed E-state index contributed by atoms with van der Waals surface area (Å²) in [7, 11) is -1.35. The number of hydrogen-bond donors (Lipinski definition) is 1. The first-order valence-corrected chi connectivity index (χ1v) is 6.94. The second kappa shape index (κ2) is 5.01. The van der Waals surface area contributed by atoms with Crippen molar-refractivity contribution in [2.45, 2.75) is 0 Å². The zero-order valence-corrected chi connectivity index (χ0v) is 10.5. The predicted octanol–water partition coefficient (Wildman–Crippen LogP) is 0.0163. The van der Waals surface area contributed by atoms with Crippen molar-refractivity contribution in [2.75, 3.05) is 36.2 Å². The van der Waals surface area contributed by atoms with E-state index < -0.39 is 9.84 Å². The molecular formula is C10H14N4O2S. The Bertz CT molecular complexity index is 548. The molecule has 0 unspecified atom stereocenters. The second-order valence-corrected chi connectivity index (χ2v) is 6.02. The number of hydrogen-bond acceptors (Lipinski definition) is 6. The van der Waals surface area contributed by atoms with Gasteiger partial charge in [-0.1, -0.05) is 0 Å². The van der Waals surface area contributed by atoms with E-state index in [0.29, 0.717) is 11.4 Å². The average molecular weight is 254 g/mol. The molecule has 1 rings (SSSR count). The lowest BCUT2D eigenvalue weighted by molar-refractivity contribution is 0.601. The predicted molar refractivity (Wildman–Crippen MR) is 66.3 cm³/mol. The number of aromatic nitrogens is 1. The van der Waals surface area contributed by atoms with Crippen LogP contribution in [0.4, 0.5) is 11.5 Å². The molecule has 0 atom stereocenters. The Labute approximate surface area is 101 Å². The minimum atomic E-state index is -3.03. The fourth-order valence-corrected chi connectivity index (χ4v) is 1.88. The van der Waals surface area contributed by atoms with Gasteiger partial charge in [0.15, 0.2) is 5.82 Å². The van der Waals surface area contributed by atoms with Crippen LogP contribution in [0.3, 0.4) is 0 Å². The van der Waals surface area contributed by atoms with Crippen LogP contribution in [0.1, 0.15) is 5.56 Å². The number of anilines is 2. The Morgan fingerprint density at radius 2 is 2.24 bits per heavy atom. The molecule has 1 heterocycles. The highest BCUT2D eigenvalue weighted by molar-refractivity contribution is 7.90. The van der Waals surface area contributed by atoms with Gasteiger partial charge in [0.1, 0.15) is 15.9 Å². The zero-order valence-electron chi connectivity index (χ0n) is 9.71. The van der Waals surface area contributed by atoms with Gasteiger partial charge >= 0.3 is 0 Å². The molecule has 0 saturated carbocycles. The van der Waals surface area contributed by atoms with Crippen LogP contribution in [-0.2, 0) is 9.84 Å². The normalized spacial score (nSPS) is 10.9. The van der Waals surface area contributed by atoms with E-state index in [4.69, 9.17) is 11.0 Å². The van der Waals surface area contributed by atoms with Gasteiger partial charge in [0, 0.05) is 26.0 Å². The second-order valence-electron chi connectivity index (χ2n) is 3.76. The first-order valence-electron chi connectivity index (χ1n) is 4.88. The van der Waals surface area contributed by atoms with E-state index >= 15 is 0 Å². The van der Waals surface area contributed by atoms with Crippen LogP contribution in [0.2, 0.25) is 0 Å². The monoisotopic (exact) mass is 254 g/mol. The summed E-state index contributed by atoms with van der Waals surface area (Å²) in [6.07, 6.45) is 2.64. The van der Waals surface area contributed by atoms with Crippen LogP contribution in [-0.4, -0.2) is 39.0 Å². The van der Waals surface area contributed by atoms with Crippen LogP contribution in [0.5, 0.6) is 0 Å². The number of nitrogens with two attached hydrogens (primary N) is 1. The number of rotatable bonds is 4. The van der Waals surface area contributed by atoms with Crippen LogP contribution in [0, 0.1) is 11.3 Å². The van der Waals surface area contributed by atoms with Gasteiger partial charge < -0.3 is 10.6 Å². The summed E-state index contributed by atoms with van der Waals surface area (Å²) in [5.41, 5.74) is 6.36. The van der Waals surface area contributed by atoms with Gasteiger partial charge in [0.2, 0.25) is 0 Å². The van der Waals surface area contributed by atoms with E-state index in [1.54, 1.807) is 11.9 Å². The molecule has 92 valence electrons. The molecule has 2 N–H and O–H groups in total. The number of sulfone groups is 1. The zero-order chi connectivity index (χ0) is 13.1. The third kappa shape index (κ3) is 3.60. The van der Waals surface area contributed by atoms with Gasteiger partial charge in [-0.3, -0.25) is 0 Å². The summed E-state index contributed by atoms with van der Waals surface area (Å²) >= 11 is 0. The number of pyridine rings is 1. The molecule has 0 radical (unpaired) electrons. The summed E-state index contributed by atoms with van der Waals surface area (Å²) in [6.45, 7) is 0.283. The fraction of sp³-hybridized carbons (Fsp3) is 0.400. The standard InChI is InChI=1S/C10H14N4O2S/c1-14(5-6-17(2,15)16)10-9(12)8(7-11)3-4-13-10/h3-4H,5-6,12H2,1-2H3. The van der Waals surface area contributed by atoms with E-state index in [0.717, 1.165) is 0 Å². The van der Waals surface area contributed by atoms with Gasteiger partial charge in [-0.15, -0.1) is 0 Å². The van der Waals surface area contributed by atoms with E-state index in [1.165, 1.54) is 18.5 Å². The van der Waals surface area contributed by atoms with E-state index in [1.807, 2.05) is 6.07 Å². The van der Waals surface area contributed by atoms with E-state index in [2.05, 4.69) is 4.98 Å². The number of nitriles is 1. The van der Waals surface area contributed by atoms with Gasteiger partial charge in [-0.25, -0.2) is 13.4 Å². The first-order chi connectivity index (χ1) is 7.85. The lowest BCUT2D eigenvalue weighted by Crippen LogP contribution is -2.26. The molecule has 0 fully saturated rings. The highest BCUT2D eigenvalue weighted by atomic mass is 32.2. The smallest absolute Gasteiger partial charge is 0.152 e. The highest BCUT2D eigenvalue weighted by Gasteiger charge is 2.12. The van der Waals surface area contributed by atoms with Crippen molar-refractivity contribution >= 4 is 21.3 Å². The maximum Gasteiger partial charge on any atom is 0.152 e. The lowest BCUT2D eigenvalue weighted by Gasteiger charge is -2.19. The van der Waals surface area contributed by atoms with E-state index in [-0.39, 0.29) is 18.0 Å². The van der Waals surface area contributed by atoms with Crippen molar-refractivity contribution in [3.05, 3.63) is 17.8 Å². The molecule has 0 spiro atoms. The van der Waals surface area contributed by atoms with Gasteiger partial charge in [-0.05, 0) is 6.07 Å². The fourth-order valence-electron chi connectivity index (χ4n) is 1.27. The molecule has 17 heavy (non-hydrogen) atoms. The summed E-state index contributed by atoms with van der Waals surface area (Å²) in [6, 6.07) is 3.47. The van der Waals surface area contributed by atoms with Crippen LogP contribution < -0.4 is 10.6 Å². The molecule has 0 aliphatic heterocycles. The highest BCUT2D eigenvalue weighted by Crippen LogP contribution is 2.21. The quantitative estimate of drug-likeness (QED) is 0.812. The molecule has 1 aromatic heterocycles. The van der Waals surface area contributed by atoms with Crippen molar-refractivity contribution in [1.82, 2.24) is 4.98 Å². The van der Waals surface area contributed by atoms with Crippen molar-refractivity contribution in [3.63, 3.8) is 0 Å². The average Bonchev–Trinajstić information content (AvgIpc) is 2.25. The SMILES string of the molecule is CN(CCS(C)(=O)=O)c1nccc(C#N)c1N. The van der Waals surface area contributed by atoms with Crippen LogP contribution in [0.15, 0.2) is 12.3 Å². The summed E-state index contributed by atoms with van der Waals surface area (Å²) in [5, 5.41) is 8.81. The van der Waals surface area contributed by atoms with Crippen molar-refractivity contribution in [1.29, 1.82) is 5.26 Å². The Kier molecular flexibility index (Phi) is 3.91. The van der Waals surface area contributed by atoms with Gasteiger partial charge in [-0.2, -0.15) is 5.26 Å². The molecule has 1 aromatic rings. The van der Waals surface area contributed by atoms with Crippen LogP contribution >= 0.6 is 0 Å². The third-order valence-electron chi connectivity index (χ3n) is 2.25. The van der Waals surface area contributed by atoms with Gasteiger partial charge in [0.05, 0.1) is 17.0 Å². The molecule has 7 heteroatoms. The minimum absolute atomic E-state index is 0.0153. The summed E-state index contributed by atoms with van der Waals surface area (Å²) in [5.74, 6) is 0.439. The first kappa shape index (κ1) is 13.3.